The molecule has 0 aliphatic carbocycles. The summed E-state index contributed by atoms with van der Waals surface area (Å²) in [6.07, 6.45) is 4.21. The van der Waals surface area contributed by atoms with Gasteiger partial charge in [0, 0.05) is 35.7 Å². The van der Waals surface area contributed by atoms with Crippen LogP contribution in [-0.2, 0) is 6.42 Å². The number of nitrogens with zero attached hydrogens (tertiary/aromatic N) is 1. The van der Waals surface area contributed by atoms with Gasteiger partial charge >= 0.3 is 0 Å². The Hall–Kier alpha value is -2.43. The minimum absolute atomic E-state index is 0.0173. The topological polar surface area (TPSA) is 76.0 Å². The first-order valence-corrected chi connectivity index (χ1v) is 5.58. The molecule has 0 fully saturated rings. The molecule has 18 heavy (non-hydrogen) atoms. The van der Waals surface area contributed by atoms with Crippen molar-refractivity contribution in [1.82, 2.24) is 4.98 Å². The molecule has 2 rings (SSSR count). The third-order valence-corrected chi connectivity index (χ3v) is 2.80. The summed E-state index contributed by atoms with van der Waals surface area (Å²) in [5.74, 6) is -0.122. The van der Waals surface area contributed by atoms with Gasteiger partial charge in [0.1, 0.15) is 0 Å². The van der Waals surface area contributed by atoms with Crippen LogP contribution in [0.2, 0.25) is 0 Å². The van der Waals surface area contributed by atoms with Gasteiger partial charge in [-0.25, -0.2) is 0 Å². The maximum Gasteiger partial charge on any atom is 0.269 e. The highest BCUT2D eigenvalue weighted by Gasteiger charge is 2.14. The van der Waals surface area contributed by atoms with E-state index < -0.39 is 4.92 Å². The van der Waals surface area contributed by atoms with Crippen molar-refractivity contribution in [3.8, 4) is 0 Å². The summed E-state index contributed by atoms with van der Waals surface area (Å²) in [6, 6.07) is 5.64. The van der Waals surface area contributed by atoms with Crippen LogP contribution in [0.15, 0.2) is 36.7 Å². The second-order valence-corrected chi connectivity index (χ2v) is 3.88. The fourth-order valence-corrected chi connectivity index (χ4v) is 1.79. The average molecular weight is 244 g/mol. The van der Waals surface area contributed by atoms with Crippen molar-refractivity contribution >= 4 is 11.5 Å². The van der Waals surface area contributed by atoms with E-state index in [1.54, 1.807) is 12.4 Å². The number of nitro groups is 1. The van der Waals surface area contributed by atoms with Crippen LogP contribution in [0.25, 0.3) is 0 Å². The molecule has 0 amide bonds. The van der Waals surface area contributed by atoms with Crippen molar-refractivity contribution in [2.45, 2.75) is 13.3 Å². The van der Waals surface area contributed by atoms with Crippen LogP contribution in [-0.4, -0.2) is 15.7 Å². The number of hydrogen-bond acceptors (Lipinski definition) is 3. The molecule has 1 aromatic heterocycles. The molecule has 0 saturated carbocycles. The normalized spacial score (nSPS) is 10.3. The van der Waals surface area contributed by atoms with E-state index >= 15 is 0 Å². The van der Waals surface area contributed by atoms with Crippen molar-refractivity contribution in [2.24, 2.45) is 0 Å². The van der Waals surface area contributed by atoms with Crippen molar-refractivity contribution in [1.29, 1.82) is 0 Å². The highest BCUT2D eigenvalue weighted by Crippen LogP contribution is 2.17. The third-order valence-electron chi connectivity index (χ3n) is 2.80. The molecule has 1 heterocycles. The number of carbonyl (C=O) groups is 1. The number of benzene rings is 1. The second-order valence-electron chi connectivity index (χ2n) is 3.88. The number of nitro benzene ring substituents is 1. The Morgan fingerprint density at radius 2 is 1.94 bits per heavy atom. The Morgan fingerprint density at radius 3 is 2.50 bits per heavy atom. The molecule has 5 heteroatoms. The molecule has 0 radical (unpaired) electrons. The largest absolute Gasteiger partial charge is 0.367 e. The summed E-state index contributed by atoms with van der Waals surface area (Å²) < 4.78 is 0. The maximum absolute atomic E-state index is 12.2. The highest BCUT2D eigenvalue weighted by molar-refractivity contribution is 6.09. The summed E-state index contributed by atoms with van der Waals surface area (Å²) in [7, 11) is 0. The van der Waals surface area contributed by atoms with Gasteiger partial charge in [0.15, 0.2) is 5.78 Å². The molecule has 5 nitrogen and oxygen atoms in total. The molecule has 0 aliphatic heterocycles. The van der Waals surface area contributed by atoms with Gasteiger partial charge in [-0.05, 0) is 24.1 Å². The van der Waals surface area contributed by atoms with Crippen LogP contribution >= 0.6 is 0 Å². The molecule has 1 N–H and O–H groups in total. The Bertz CT molecular complexity index is 585. The second kappa shape index (κ2) is 4.83. The number of H-pyrrole nitrogens is 1. The lowest BCUT2D eigenvalue weighted by atomic mass is 10.0. The average Bonchev–Trinajstić information content (AvgIpc) is 2.86. The molecule has 0 atom stereocenters. The van der Waals surface area contributed by atoms with Crippen LogP contribution in [0.1, 0.15) is 28.4 Å². The lowest BCUT2D eigenvalue weighted by Crippen LogP contribution is -2.02. The summed E-state index contributed by atoms with van der Waals surface area (Å²) in [6.45, 7) is 1.97. The first-order chi connectivity index (χ1) is 8.63. The summed E-state index contributed by atoms with van der Waals surface area (Å²) in [5, 5.41) is 10.5. The third kappa shape index (κ3) is 2.15. The lowest BCUT2D eigenvalue weighted by molar-refractivity contribution is -0.384. The van der Waals surface area contributed by atoms with Crippen molar-refractivity contribution < 1.29 is 9.72 Å². The number of aromatic amines is 1. The van der Waals surface area contributed by atoms with E-state index in [4.69, 9.17) is 0 Å². The van der Waals surface area contributed by atoms with Gasteiger partial charge in [-0.3, -0.25) is 14.9 Å². The number of ketones is 1. The van der Waals surface area contributed by atoms with E-state index in [-0.39, 0.29) is 11.5 Å². The molecule has 0 unspecified atom stereocenters. The number of rotatable bonds is 4. The summed E-state index contributed by atoms with van der Waals surface area (Å²) in [5.41, 5.74) is 2.00. The highest BCUT2D eigenvalue weighted by atomic mass is 16.6. The van der Waals surface area contributed by atoms with E-state index in [2.05, 4.69) is 4.98 Å². The van der Waals surface area contributed by atoms with Gasteiger partial charge in [-0.15, -0.1) is 0 Å². The predicted molar refractivity (Wildman–Crippen MR) is 66.7 cm³/mol. The Labute approximate surface area is 104 Å². The number of aromatic nitrogens is 1. The molecule has 0 spiro atoms. The van der Waals surface area contributed by atoms with Crippen LogP contribution in [0.3, 0.4) is 0 Å². The van der Waals surface area contributed by atoms with Crippen molar-refractivity contribution in [3.05, 3.63) is 63.5 Å². The van der Waals surface area contributed by atoms with E-state index in [1.807, 2.05) is 6.92 Å². The molecular weight excluding hydrogens is 232 g/mol. The zero-order valence-corrected chi connectivity index (χ0v) is 9.84. The molecule has 0 saturated heterocycles. The Morgan fingerprint density at radius 1 is 1.28 bits per heavy atom. The Balaban J connectivity index is 2.32. The van der Waals surface area contributed by atoms with Crippen molar-refractivity contribution in [2.75, 3.05) is 0 Å². The first kappa shape index (κ1) is 12.0. The smallest absolute Gasteiger partial charge is 0.269 e. The van der Waals surface area contributed by atoms with Gasteiger partial charge in [0.2, 0.25) is 0 Å². The number of carbonyl (C=O) groups excluding carboxylic acids is 1. The van der Waals surface area contributed by atoms with E-state index in [1.165, 1.54) is 24.3 Å². The van der Waals surface area contributed by atoms with Gasteiger partial charge < -0.3 is 4.98 Å². The summed E-state index contributed by atoms with van der Waals surface area (Å²) in [4.78, 5) is 25.1. The monoisotopic (exact) mass is 244 g/mol. The van der Waals surface area contributed by atoms with Gasteiger partial charge in [0.25, 0.3) is 5.69 Å². The van der Waals surface area contributed by atoms with Crippen LogP contribution in [0.5, 0.6) is 0 Å². The van der Waals surface area contributed by atoms with E-state index in [0.29, 0.717) is 11.1 Å². The van der Waals surface area contributed by atoms with E-state index in [9.17, 15) is 14.9 Å². The van der Waals surface area contributed by atoms with Crippen LogP contribution in [0, 0.1) is 10.1 Å². The minimum atomic E-state index is -0.484. The SMILES string of the molecule is CCc1c[nH]cc1C(=O)c1ccc([N+](=O)[O-])cc1. The maximum atomic E-state index is 12.2. The van der Waals surface area contributed by atoms with Gasteiger partial charge in [0.05, 0.1) is 4.92 Å². The standard InChI is InChI=1S/C13H12N2O3/c1-2-9-7-14-8-12(9)13(16)10-3-5-11(6-4-10)15(17)18/h3-8,14H,2H2,1H3. The predicted octanol–water partition coefficient (Wildman–Crippen LogP) is 2.72. The van der Waals surface area contributed by atoms with Gasteiger partial charge in [-0.1, -0.05) is 6.92 Å². The molecule has 2 aromatic rings. The van der Waals surface area contributed by atoms with E-state index in [0.717, 1.165) is 12.0 Å². The fourth-order valence-electron chi connectivity index (χ4n) is 1.79. The quantitative estimate of drug-likeness (QED) is 0.510. The van der Waals surface area contributed by atoms with Crippen LogP contribution in [0.4, 0.5) is 5.69 Å². The number of hydrogen-bond donors (Lipinski definition) is 1. The Kier molecular flexibility index (Phi) is 3.23. The lowest BCUT2D eigenvalue weighted by Gasteiger charge is -2.01. The molecule has 0 aliphatic rings. The minimum Gasteiger partial charge on any atom is -0.367 e. The number of aryl methyl sites for hydroxylation is 1. The van der Waals surface area contributed by atoms with Gasteiger partial charge in [-0.2, -0.15) is 0 Å². The molecule has 92 valence electrons. The first-order valence-electron chi connectivity index (χ1n) is 5.58. The zero-order valence-electron chi connectivity index (χ0n) is 9.84. The number of nitrogens with one attached hydrogen (secondary N) is 1. The van der Waals surface area contributed by atoms with Crippen LogP contribution < -0.4 is 0 Å². The van der Waals surface area contributed by atoms with Crippen molar-refractivity contribution in [3.63, 3.8) is 0 Å². The molecule has 1 aromatic carbocycles. The number of non-ortho nitro benzene ring substituents is 1. The molecular formula is C13H12N2O3. The summed E-state index contributed by atoms with van der Waals surface area (Å²) >= 11 is 0. The fraction of sp³-hybridized carbons (Fsp3) is 0.154. The zero-order chi connectivity index (χ0) is 13.1. The molecule has 0 bridgehead atoms.